The van der Waals surface area contributed by atoms with Crippen LogP contribution < -0.4 is 10.2 Å². The first-order chi connectivity index (χ1) is 7.60. The summed E-state index contributed by atoms with van der Waals surface area (Å²) in [5, 5.41) is 12.3. The van der Waals surface area contributed by atoms with Gasteiger partial charge in [0.1, 0.15) is 0 Å². The van der Waals surface area contributed by atoms with Crippen molar-refractivity contribution in [2.45, 2.75) is 25.9 Å². The lowest BCUT2D eigenvalue weighted by Gasteiger charge is -2.25. The second-order valence-corrected chi connectivity index (χ2v) is 4.24. The van der Waals surface area contributed by atoms with Crippen LogP contribution in [0.3, 0.4) is 0 Å². The summed E-state index contributed by atoms with van der Waals surface area (Å²) in [6.07, 6.45) is 0. The van der Waals surface area contributed by atoms with Crippen LogP contribution >= 0.6 is 0 Å². The normalized spacial score (nSPS) is 14.6. The Kier molecular flexibility index (Phi) is 4.77. The van der Waals surface area contributed by atoms with Crippen molar-refractivity contribution in [3.05, 3.63) is 29.8 Å². The van der Waals surface area contributed by atoms with Crippen LogP contribution in [0, 0.1) is 0 Å². The second-order valence-electron chi connectivity index (χ2n) is 4.24. The molecule has 0 fully saturated rings. The van der Waals surface area contributed by atoms with Gasteiger partial charge >= 0.3 is 0 Å². The average Bonchev–Trinajstić information content (AvgIpc) is 2.36. The van der Waals surface area contributed by atoms with E-state index in [-0.39, 0.29) is 12.6 Å². The van der Waals surface area contributed by atoms with Gasteiger partial charge < -0.3 is 15.3 Å². The van der Waals surface area contributed by atoms with Crippen LogP contribution in [0.2, 0.25) is 0 Å². The zero-order chi connectivity index (χ0) is 12.1. The molecule has 3 heteroatoms. The van der Waals surface area contributed by atoms with Crippen LogP contribution in [-0.2, 0) is 0 Å². The maximum atomic E-state index is 9.10. The molecule has 0 spiro atoms. The summed E-state index contributed by atoms with van der Waals surface area (Å²) in [4.78, 5) is 2.08. The number of hydrogen-bond donors (Lipinski definition) is 2. The van der Waals surface area contributed by atoms with Crippen LogP contribution in [0.15, 0.2) is 24.3 Å². The van der Waals surface area contributed by atoms with Crippen LogP contribution in [0.4, 0.5) is 5.69 Å². The van der Waals surface area contributed by atoms with E-state index in [1.165, 1.54) is 5.56 Å². The number of rotatable bonds is 5. The van der Waals surface area contributed by atoms with Gasteiger partial charge in [0, 0.05) is 24.8 Å². The molecule has 0 aromatic heterocycles. The minimum absolute atomic E-state index is 0.146. The number of likely N-dealkylation sites (N-methyl/N-ethyl adjacent to an activating group) is 1. The second kappa shape index (κ2) is 5.87. The molecule has 0 aliphatic heterocycles. The van der Waals surface area contributed by atoms with Gasteiger partial charge in [0.25, 0.3) is 0 Å². The van der Waals surface area contributed by atoms with Crippen molar-refractivity contribution in [3.8, 4) is 0 Å². The zero-order valence-electron chi connectivity index (χ0n) is 10.6. The molecular weight excluding hydrogens is 200 g/mol. The van der Waals surface area contributed by atoms with E-state index < -0.39 is 0 Å². The third kappa shape index (κ3) is 2.97. The number of aliphatic hydroxyl groups excluding tert-OH is 1. The Labute approximate surface area is 98.1 Å². The lowest BCUT2D eigenvalue weighted by atomic mass is 10.1. The Morgan fingerprint density at radius 3 is 2.25 bits per heavy atom. The molecule has 3 nitrogen and oxygen atoms in total. The quantitative estimate of drug-likeness (QED) is 0.797. The Morgan fingerprint density at radius 1 is 1.25 bits per heavy atom. The van der Waals surface area contributed by atoms with Gasteiger partial charge in [0.15, 0.2) is 0 Å². The molecule has 0 bridgehead atoms. The van der Waals surface area contributed by atoms with Crippen LogP contribution in [0.25, 0.3) is 0 Å². The SMILES string of the molecule is CNC(C)c1ccc(N(C)C(C)CO)cc1. The number of anilines is 1. The number of nitrogens with zero attached hydrogens (tertiary/aromatic N) is 1. The molecule has 1 rings (SSSR count). The summed E-state index contributed by atoms with van der Waals surface area (Å²) in [5.41, 5.74) is 2.41. The fourth-order valence-electron chi connectivity index (χ4n) is 1.54. The van der Waals surface area contributed by atoms with Crippen LogP contribution in [0.1, 0.15) is 25.5 Å². The number of aliphatic hydroxyl groups is 1. The molecule has 0 amide bonds. The largest absolute Gasteiger partial charge is 0.394 e. The minimum atomic E-state index is 0.146. The zero-order valence-corrected chi connectivity index (χ0v) is 10.6. The first-order valence-corrected chi connectivity index (χ1v) is 5.71. The maximum absolute atomic E-state index is 9.10. The maximum Gasteiger partial charge on any atom is 0.0632 e. The summed E-state index contributed by atoms with van der Waals surface area (Å²) in [7, 11) is 3.95. The van der Waals surface area contributed by atoms with Crippen molar-refractivity contribution in [1.82, 2.24) is 5.32 Å². The Bertz CT molecular complexity index is 310. The topological polar surface area (TPSA) is 35.5 Å². The van der Waals surface area contributed by atoms with Crippen molar-refractivity contribution in [2.75, 3.05) is 25.6 Å². The number of hydrogen-bond acceptors (Lipinski definition) is 3. The summed E-state index contributed by atoms with van der Waals surface area (Å²) in [6, 6.07) is 8.95. The van der Waals surface area contributed by atoms with Crippen molar-refractivity contribution >= 4 is 5.69 Å². The predicted octanol–water partition coefficient (Wildman–Crippen LogP) is 1.78. The van der Waals surface area contributed by atoms with Gasteiger partial charge in [0.2, 0.25) is 0 Å². The average molecular weight is 222 g/mol. The molecule has 0 saturated carbocycles. The summed E-state index contributed by atoms with van der Waals surface area (Å²) in [5.74, 6) is 0. The molecule has 0 saturated heterocycles. The first-order valence-electron chi connectivity index (χ1n) is 5.71. The van der Waals surface area contributed by atoms with Gasteiger partial charge in [-0.15, -0.1) is 0 Å². The van der Waals surface area contributed by atoms with E-state index in [2.05, 4.69) is 41.4 Å². The van der Waals surface area contributed by atoms with E-state index in [1.807, 2.05) is 21.0 Å². The molecule has 1 aromatic rings. The molecule has 0 aliphatic rings. The highest BCUT2D eigenvalue weighted by atomic mass is 16.3. The number of benzene rings is 1. The van der Waals surface area contributed by atoms with E-state index >= 15 is 0 Å². The summed E-state index contributed by atoms with van der Waals surface area (Å²) < 4.78 is 0. The van der Waals surface area contributed by atoms with Crippen LogP contribution in [-0.4, -0.2) is 31.9 Å². The van der Waals surface area contributed by atoms with Gasteiger partial charge in [-0.25, -0.2) is 0 Å². The molecule has 2 unspecified atom stereocenters. The van der Waals surface area contributed by atoms with Gasteiger partial charge in [0.05, 0.1) is 6.61 Å². The molecule has 16 heavy (non-hydrogen) atoms. The molecule has 0 heterocycles. The smallest absolute Gasteiger partial charge is 0.0632 e. The predicted molar refractivity (Wildman–Crippen MR) is 68.9 cm³/mol. The summed E-state index contributed by atoms with van der Waals surface area (Å²) >= 11 is 0. The fourth-order valence-corrected chi connectivity index (χ4v) is 1.54. The third-order valence-corrected chi connectivity index (χ3v) is 3.16. The van der Waals surface area contributed by atoms with E-state index in [4.69, 9.17) is 5.11 Å². The van der Waals surface area contributed by atoms with E-state index in [0.29, 0.717) is 6.04 Å². The standard InChI is InChI=1S/C13H22N2O/c1-10(9-16)15(4)13-7-5-12(6-8-13)11(2)14-3/h5-8,10-11,14,16H,9H2,1-4H3. The minimum Gasteiger partial charge on any atom is -0.394 e. The van der Waals surface area contributed by atoms with Gasteiger partial charge in [-0.2, -0.15) is 0 Å². The highest BCUT2D eigenvalue weighted by molar-refractivity contribution is 5.48. The van der Waals surface area contributed by atoms with Gasteiger partial charge in [-0.1, -0.05) is 12.1 Å². The van der Waals surface area contributed by atoms with E-state index in [1.54, 1.807) is 0 Å². The molecule has 1 aromatic carbocycles. The van der Waals surface area contributed by atoms with Crippen molar-refractivity contribution < 1.29 is 5.11 Å². The fraction of sp³-hybridized carbons (Fsp3) is 0.538. The molecule has 2 N–H and O–H groups in total. The van der Waals surface area contributed by atoms with Crippen molar-refractivity contribution in [3.63, 3.8) is 0 Å². The Morgan fingerprint density at radius 2 is 1.81 bits per heavy atom. The van der Waals surface area contributed by atoms with Crippen molar-refractivity contribution in [2.24, 2.45) is 0 Å². The third-order valence-electron chi connectivity index (χ3n) is 3.16. The highest BCUT2D eigenvalue weighted by Gasteiger charge is 2.09. The van der Waals surface area contributed by atoms with E-state index in [0.717, 1.165) is 5.69 Å². The van der Waals surface area contributed by atoms with Crippen molar-refractivity contribution in [1.29, 1.82) is 0 Å². The lowest BCUT2D eigenvalue weighted by molar-refractivity contribution is 0.270. The van der Waals surface area contributed by atoms with Gasteiger partial charge in [-0.05, 0) is 38.6 Å². The molecule has 90 valence electrons. The molecule has 0 aliphatic carbocycles. The summed E-state index contributed by atoms with van der Waals surface area (Å²) in [6.45, 7) is 4.31. The van der Waals surface area contributed by atoms with Crippen LogP contribution in [0.5, 0.6) is 0 Å². The van der Waals surface area contributed by atoms with E-state index in [9.17, 15) is 0 Å². The molecule has 2 atom stereocenters. The highest BCUT2D eigenvalue weighted by Crippen LogP contribution is 2.19. The Balaban J connectivity index is 2.78. The first kappa shape index (κ1) is 13.0. The lowest BCUT2D eigenvalue weighted by Crippen LogP contribution is -2.31. The molecular formula is C13H22N2O. The Hall–Kier alpha value is -1.06. The molecule has 0 radical (unpaired) electrons. The monoisotopic (exact) mass is 222 g/mol. The number of nitrogens with one attached hydrogen (secondary N) is 1. The van der Waals surface area contributed by atoms with Gasteiger partial charge in [-0.3, -0.25) is 0 Å².